The molecule has 1 saturated heterocycles. The third-order valence-corrected chi connectivity index (χ3v) is 5.20. The maximum Gasteiger partial charge on any atom is 0.408 e. The number of hydrogen-bond donors (Lipinski definition) is 1. The normalized spacial score (nSPS) is 16.2. The van der Waals surface area contributed by atoms with E-state index in [1.54, 1.807) is 54.8 Å². The molecule has 0 aromatic heterocycles. The molecular weight excluding hydrogens is 416 g/mol. The van der Waals surface area contributed by atoms with Crippen molar-refractivity contribution in [3.8, 4) is 0 Å². The molecule has 2 aliphatic heterocycles. The van der Waals surface area contributed by atoms with Gasteiger partial charge >= 0.3 is 6.09 Å². The summed E-state index contributed by atoms with van der Waals surface area (Å²) in [7, 11) is 0. The van der Waals surface area contributed by atoms with Crippen LogP contribution in [0.1, 0.15) is 47.9 Å². The van der Waals surface area contributed by atoms with Gasteiger partial charge in [0.1, 0.15) is 12.1 Å². The first-order chi connectivity index (χ1) is 15.1. The largest absolute Gasteiger partial charge is 0.444 e. The van der Waals surface area contributed by atoms with Crippen molar-refractivity contribution in [1.29, 1.82) is 0 Å². The molecule has 0 unspecified atom stereocenters. The first-order valence-electron chi connectivity index (χ1n) is 10.5. The predicted molar refractivity (Wildman–Crippen MR) is 114 cm³/mol. The van der Waals surface area contributed by atoms with Crippen LogP contribution in [0.25, 0.3) is 0 Å². The number of carbonyl (C=O) groups excluding carboxylic acids is 5. The number of rotatable bonds is 5. The van der Waals surface area contributed by atoms with E-state index in [4.69, 9.17) is 4.74 Å². The van der Waals surface area contributed by atoms with Gasteiger partial charge < -0.3 is 19.9 Å². The molecule has 1 N–H and O–H groups in total. The van der Waals surface area contributed by atoms with Gasteiger partial charge in [0.2, 0.25) is 11.8 Å². The van der Waals surface area contributed by atoms with Crippen LogP contribution in [0.2, 0.25) is 0 Å². The third kappa shape index (κ3) is 5.43. The molecule has 0 radical (unpaired) electrons. The van der Waals surface area contributed by atoms with Gasteiger partial charge in [-0.3, -0.25) is 24.1 Å². The molecule has 5 amide bonds. The fourth-order valence-corrected chi connectivity index (χ4v) is 3.59. The third-order valence-electron chi connectivity index (χ3n) is 5.20. The highest BCUT2D eigenvalue weighted by atomic mass is 16.6. The van der Waals surface area contributed by atoms with Gasteiger partial charge in [0.05, 0.1) is 11.1 Å². The minimum absolute atomic E-state index is 0.0180. The van der Waals surface area contributed by atoms with Crippen LogP contribution in [0.3, 0.4) is 0 Å². The van der Waals surface area contributed by atoms with Gasteiger partial charge in [-0.15, -0.1) is 0 Å². The smallest absolute Gasteiger partial charge is 0.408 e. The fraction of sp³-hybridized carbons (Fsp3) is 0.500. The maximum atomic E-state index is 12.6. The maximum absolute atomic E-state index is 12.6. The Kier molecular flexibility index (Phi) is 6.81. The SMILES string of the molecule is CC(C)(C)OC(=O)NCC(=O)N1CCN(C(=O)CCN2C(=O)c3ccccc3C2=O)CC1. The van der Waals surface area contributed by atoms with E-state index < -0.39 is 11.7 Å². The van der Waals surface area contributed by atoms with Crippen LogP contribution in [0.5, 0.6) is 0 Å². The number of imide groups is 1. The van der Waals surface area contributed by atoms with Crippen LogP contribution in [-0.4, -0.2) is 89.3 Å². The molecule has 10 nitrogen and oxygen atoms in total. The Hall–Kier alpha value is -3.43. The molecule has 0 aliphatic carbocycles. The first-order valence-corrected chi connectivity index (χ1v) is 10.5. The van der Waals surface area contributed by atoms with Gasteiger partial charge in [0.25, 0.3) is 11.8 Å². The van der Waals surface area contributed by atoms with Crippen molar-refractivity contribution in [3.63, 3.8) is 0 Å². The lowest BCUT2D eigenvalue weighted by atomic mass is 10.1. The molecule has 2 heterocycles. The van der Waals surface area contributed by atoms with Crippen molar-refractivity contribution in [2.45, 2.75) is 32.8 Å². The van der Waals surface area contributed by atoms with Gasteiger partial charge in [0, 0.05) is 39.1 Å². The van der Waals surface area contributed by atoms with E-state index in [9.17, 15) is 24.0 Å². The Morgan fingerprint density at radius 1 is 0.906 bits per heavy atom. The summed E-state index contributed by atoms with van der Waals surface area (Å²) in [6, 6.07) is 6.60. The Bertz CT molecular complexity index is 896. The number of amides is 5. The summed E-state index contributed by atoms with van der Waals surface area (Å²) < 4.78 is 5.10. The van der Waals surface area contributed by atoms with Crippen molar-refractivity contribution in [3.05, 3.63) is 35.4 Å². The second-order valence-corrected chi connectivity index (χ2v) is 8.67. The van der Waals surface area contributed by atoms with Crippen molar-refractivity contribution < 1.29 is 28.7 Å². The number of nitrogens with zero attached hydrogens (tertiary/aromatic N) is 3. The van der Waals surface area contributed by atoms with Crippen molar-refractivity contribution >= 4 is 29.7 Å². The molecule has 0 bridgehead atoms. The van der Waals surface area contributed by atoms with E-state index in [2.05, 4.69) is 5.32 Å². The lowest BCUT2D eigenvalue weighted by Gasteiger charge is -2.35. The summed E-state index contributed by atoms with van der Waals surface area (Å²) in [6.45, 7) is 6.42. The first kappa shape index (κ1) is 23.2. The van der Waals surface area contributed by atoms with Crippen LogP contribution >= 0.6 is 0 Å². The summed E-state index contributed by atoms with van der Waals surface area (Å²) in [5, 5.41) is 2.44. The summed E-state index contributed by atoms with van der Waals surface area (Å²) >= 11 is 0. The van der Waals surface area contributed by atoms with Gasteiger partial charge in [-0.05, 0) is 32.9 Å². The molecular formula is C22H28N4O6. The van der Waals surface area contributed by atoms with Crippen LogP contribution < -0.4 is 5.32 Å². The highest BCUT2D eigenvalue weighted by Gasteiger charge is 2.35. The number of benzene rings is 1. The number of piperazine rings is 1. The Balaban J connectivity index is 1.41. The van der Waals surface area contributed by atoms with Crippen molar-refractivity contribution in [2.24, 2.45) is 0 Å². The highest BCUT2D eigenvalue weighted by Crippen LogP contribution is 2.22. The lowest BCUT2D eigenvalue weighted by molar-refractivity contribution is -0.139. The van der Waals surface area contributed by atoms with E-state index in [0.717, 1.165) is 4.90 Å². The summed E-state index contributed by atoms with van der Waals surface area (Å²) in [4.78, 5) is 65.6. The molecule has 0 atom stereocenters. The van der Waals surface area contributed by atoms with Crippen LogP contribution in [0, 0.1) is 0 Å². The number of ether oxygens (including phenoxy) is 1. The average Bonchev–Trinajstić information content (AvgIpc) is 2.99. The quantitative estimate of drug-likeness (QED) is 0.674. The molecule has 172 valence electrons. The van der Waals surface area contributed by atoms with Crippen molar-refractivity contribution in [2.75, 3.05) is 39.3 Å². The number of alkyl carbamates (subject to hydrolysis) is 1. The van der Waals surface area contributed by atoms with Crippen molar-refractivity contribution in [1.82, 2.24) is 20.0 Å². The minimum atomic E-state index is -0.659. The average molecular weight is 444 g/mol. The standard InChI is InChI=1S/C22H28N4O6/c1-22(2,3)32-21(31)23-14-18(28)25-12-10-24(11-13-25)17(27)8-9-26-19(29)15-6-4-5-7-16(15)20(26)30/h4-7H,8-14H2,1-3H3,(H,23,31). The van der Waals surface area contributed by atoms with Gasteiger partial charge in [-0.1, -0.05) is 12.1 Å². The monoisotopic (exact) mass is 444 g/mol. The minimum Gasteiger partial charge on any atom is -0.444 e. The zero-order chi connectivity index (χ0) is 23.5. The molecule has 1 fully saturated rings. The lowest BCUT2D eigenvalue weighted by Crippen LogP contribution is -2.53. The van der Waals surface area contributed by atoms with Crippen LogP contribution in [0.15, 0.2) is 24.3 Å². The van der Waals surface area contributed by atoms with Gasteiger partial charge in [0.15, 0.2) is 0 Å². The molecule has 1 aromatic rings. The second kappa shape index (κ2) is 9.37. The van der Waals surface area contributed by atoms with E-state index in [0.29, 0.717) is 37.3 Å². The molecule has 32 heavy (non-hydrogen) atoms. The summed E-state index contributed by atoms with van der Waals surface area (Å²) in [5.41, 5.74) is 0.0702. The Morgan fingerprint density at radius 2 is 1.41 bits per heavy atom. The number of hydrogen-bond acceptors (Lipinski definition) is 6. The zero-order valence-electron chi connectivity index (χ0n) is 18.6. The molecule has 0 spiro atoms. The number of nitrogens with one attached hydrogen (secondary N) is 1. The Morgan fingerprint density at radius 3 is 1.91 bits per heavy atom. The molecule has 2 aliphatic rings. The van der Waals surface area contributed by atoms with Gasteiger partial charge in [-0.2, -0.15) is 0 Å². The fourth-order valence-electron chi connectivity index (χ4n) is 3.59. The van der Waals surface area contributed by atoms with E-state index in [-0.39, 0.29) is 43.1 Å². The molecule has 0 saturated carbocycles. The van der Waals surface area contributed by atoms with E-state index in [1.165, 1.54) is 0 Å². The number of fused-ring (bicyclic) bond motifs is 1. The summed E-state index contributed by atoms with van der Waals surface area (Å²) in [5.74, 6) is -1.20. The topological polar surface area (TPSA) is 116 Å². The van der Waals surface area contributed by atoms with Crippen LogP contribution in [0.4, 0.5) is 4.79 Å². The molecule has 3 rings (SSSR count). The molecule has 10 heteroatoms. The Labute approximate surface area is 186 Å². The predicted octanol–water partition coefficient (Wildman–Crippen LogP) is 0.868. The zero-order valence-corrected chi connectivity index (χ0v) is 18.6. The summed E-state index contributed by atoms with van der Waals surface area (Å²) in [6.07, 6.45) is -0.632. The van der Waals surface area contributed by atoms with E-state index in [1.807, 2.05) is 0 Å². The van der Waals surface area contributed by atoms with Gasteiger partial charge in [-0.25, -0.2) is 4.79 Å². The molecule has 1 aromatic carbocycles. The van der Waals surface area contributed by atoms with Crippen LogP contribution in [-0.2, 0) is 14.3 Å². The number of carbonyl (C=O) groups is 5. The second-order valence-electron chi connectivity index (χ2n) is 8.67. The van der Waals surface area contributed by atoms with E-state index >= 15 is 0 Å². The highest BCUT2D eigenvalue weighted by molar-refractivity contribution is 6.21.